The van der Waals surface area contributed by atoms with E-state index >= 15 is 0 Å². The van der Waals surface area contributed by atoms with Crippen LogP contribution < -0.4 is 4.72 Å². The molecule has 1 aliphatic carbocycles. The summed E-state index contributed by atoms with van der Waals surface area (Å²) in [7, 11) is -4.10. The SMILES string of the molecule is O=S(=O)(Nc1nc2c(s1)CCCC2)c1ccc(F)cc1F. The Bertz CT molecular complexity index is 764. The lowest BCUT2D eigenvalue weighted by Gasteiger charge is -2.06. The highest BCUT2D eigenvalue weighted by molar-refractivity contribution is 7.93. The van der Waals surface area contributed by atoms with Crippen LogP contribution in [0.4, 0.5) is 13.9 Å². The number of benzene rings is 1. The van der Waals surface area contributed by atoms with Crippen LogP contribution in [0.1, 0.15) is 23.4 Å². The number of nitrogens with zero attached hydrogens (tertiary/aromatic N) is 1. The van der Waals surface area contributed by atoms with E-state index in [1.165, 1.54) is 11.3 Å². The first-order valence-corrected chi connectivity index (χ1v) is 8.72. The van der Waals surface area contributed by atoms with Gasteiger partial charge in [0, 0.05) is 10.9 Å². The van der Waals surface area contributed by atoms with E-state index in [2.05, 4.69) is 9.71 Å². The Labute approximate surface area is 124 Å². The molecule has 0 saturated heterocycles. The third-order valence-electron chi connectivity index (χ3n) is 3.25. The number of aryl methyl sites for hydroxylation is 2. The largest absolute Gasteiger partial charge is 0.266 e. The van der Waals surface area contributed by atoms with Crippen molar-refractivity contribution in [2.75, 3.05) is 4.72 Å². The molecule has 1 aliphatic rings. The van der Waals surface area contributed by atoms with E-state index in [-0.39, 0.29) is 5.13 Å². The zero-order chi connectivity index (χ0) is 15.0. The average molecular weight is 330 g/mol. The van der Waals surface area contributed by atoms with Crippen molar-refractivity contribution in [1.82, 2.24) is 4.98 Å². The lowest BCUT2D eigenvalue weighted by atomic mass is 10.0. The summed E-state index contributed by atoms with van der Waals surface area (Å²) in [6.45, 7) is 0. The van der Waals surface area contributed by atoms with Crippen LogP contribution in [0.3, 0.4) is 0 Å². The maximum absolute atomic E-state index is 13.6. The van der Waals surface area contributed by atoms with Crippen molar-refractivity contribution in [3.05, 3.63) is 40.4 Å². The molecule has 0 unspecified atom stereocenters. The molecule has 1 N–H and O–H groups in total. The number of nitrogens with one attached hydrogen (secondary N) is 1. The molecule has 2 aromatic rings. The van der Waals surface area contributed by atoms with Gasteiger partial charge in [-0.3, -0.25) is 4.72 Å². The first kappa shape index (κ1) is 14.4. The van der Waals surface area contributed by atoms with Crippen molar-refractivity contribution in [2.45, 2.75) is 30.6 Å². The molecule has 0 saturated carbocycles. The summed E-state index contributed by atoms with van der Waals surface area (Å²) in [5.74, 6) is -1.94. The van der Waals surface area contributed by atoms with Crippen LogP contribution in [-0.4, -0.2) is 13.4 Å². The Balaban J connectivity index is 1.90. The normalized spacial score (nSPS) is 14.8. The second kappa shape index (κ2) is 5.34. The van der Waals surface area contributed by atoms with Crippen molar-refractivity contribution in [3.63, 3.8) is 0 Å². The van der Waals surface area contributed by atoms with E-state index in [0.29, 0.717) is 6.07 Å². The Kier molecular flexibility index (Phi) is 3.66. The monoisotopic (exact) mass is 330 g/mol. The summed E-state index contributed by atoms with van der Waals surface area (Å²) in [4.78, 5) is 4.72. The Morgan fingerprint density at radius 3 is 2.67 bits per heavy atom. The molecule has 4 nitrogen and oxygen atoms in total. The first-order valence-electron chi connectivity index (χ1n) is 6.42. The van der Waals surface area contributed by atoms with Gasteiger partial charge >= 0.3 is 0 Å². The third-order valence-corrected chi connectivity index (χ3v) is 5.83. The van der Waals surface area contributed by atoms with Crippen LogP contribution in [0, 0.1) is 11.6 Å². The number of aromatic nitrogens is 1. The molecule has 1 heterocycles. The lowest BCUT2D eigenvalue weighted by molar-refractivity contribution is 0.551. The van der Waals surface area contributed by atoms with Gasteiger partial charge in [-0.15, -0.1) is 11.3 Å². The van der Waals surface area contributed by atoms with E-state index in [9.17, 15) is 17.2 Å². The molecule has 0 aliphatic heterocycles. The van der Waals surface area contributed by atoms with Gasteiger partial charge in [0.25, 0.3) is 10.0 Å². The molecule has 0 amide bonds. The van der Waals surface area contributed by atoms with Crippen LogP contribution in [-0.2, 0) is 22.9 Å². The van der Waals surface area contributed by atoms with Gasteiger partial charge in [0.1, 0.15) is 16.5 Å². The second-order valence-electron chi connectivity index (χ2n) is 4.78. The van der Waals surface area contributed by atoms with Crippen LogP contribution in [0.2, 0.25) is 0 Å². The number of sulfonamides is 1. The lowest BCUT2D eigenvalue weighted by Crippen LogP contribution is -2.14. The topological polar surface area (TPSA) is 59.1 Å². The molecule has 1 aromatic heterocycles. The summed E-state index contributed by atoms with van der Waals surface area (Å²) in [6, 6.07) is 2.35. The Morgan fingerprint density at radius 2 is 1.95 bits per heavy atom. The summed E-state index contributed by atoms with van der Waals surface area (Å²) in [6.07, 6.45) is 3.82. The Hall–Kier alpha value is -1.54. The fourth-order valence-electron chi connectivity index (χ4n) is 2.26. The van der Waals surface area contributed by atoms with E-state index in [1.807, 2.05) is 0 Å². The predicted molar refractivity (Wildman–Crippen MR) is 75.9 cm³/mol. The molecule has 0 radical (unpaired) electrons. The van der Waals surface area contributed by atoms with Gasteiger partial charge in [-0.05, 0) is 37.8 Å². The molecule has 0 atom stereocenters. The van der Waals surface area contributed by atoms with Crippen LogP contribution in [0.5, 0.6) is 0 Å². The molecule has 0 fully saturated rings. The Morgan fingerprint density at radius 1 is 1.19 bits per heavy atom. The van der Waals surface area contributed by atoms with E-state index in [4.69, 9.17) is 0 Å². The average Bonchev–Trinajstić information content (AvgIpc) is 2.79. The van der Waals surface area contributed by atoms with Gasteiger partial charge in [-0.25, -0.2) is 22.2 Å². The van der Waals surface area contributed by atoms with Gasteiger partial charge in [-0.2, -0.15) is 0 Å². The predicted octanol–water partition coefficient (Wildman–Crippen LogP) is 3.10. The summed E-state index contributed by atoms with van der Waals surface area (Å²) < 4.78 is 53.0. The summed E-state index contributed by atoms with van der Waals surface area (Å²) in [5.41, 5.74) is 0.906. The smallest absolute Gasteiger partial charge is 0.255 e. The fraction of sp³-hybridized carbons (Fsp3) is 0.308. The number of fused-ring (bicyclic) bond motifs is 1. The highest BCUT2D eigenvalue weighted by Gasteiger charge is 2.23. The molecular weight excluding hydrogens is 318 g/mol. The number of rotatable bonds is 3. The minimum absolute atomic E-state index is 0.227. The summed E-state index contributed by atoms with van der Waals surface area (Å²) >= 11 is 1.27. The van der Waals surface area contributed by atoms with Crippen molar-refractivity contribution in [3.8, 4) is 0 Å². The molecular formula is C13H12F2N2O2S2. The van der Waals surface area contributed by atoms with Crippen molar-refractivity contribution in [2.24, 2.45) is 0 Å². The maximum Gasteiger partial charge on any atom is 0.266 e. The van der Waals surface area contributed by atoms with Gasteiger partial charge in [0.15, 0.2) is 5.13 Å². The van der Waals surface area contributed by atoms with Gasteiger partial charge in [0.05, 0.1) is 5.69 Å². The molecule has 1 aromatic carbocycles. The van der Waals surface area contributed by atoms with Crippen molar-refractivity contribution in [1.29, 1.82) is 0 Å². The molecule has 0 spiro atoms. The van der Waals surface area contributed by atoms with Crippen LogP contribution >= 0.6 is 11.3 Å². The van der Waals surface area contributed by atoms with E-state index < -0.39 is 26.6 Å². The molecule has 112 valence electrons. The first-order chi connectivity index (χ1) is 9.95. The number of halogens is 2. The van der Waals surface area contributed by atoms with E-state index in [0.717, 1.165) is 48.4 Å². The minimum atomic E-state index is -4.10. The van der Waals surface area contributed by atoms with Crippen LogP contribution in [0.25, 0.3) is 0 Å². The standard InChI is InChI=1S/C13H12F2N2O2S2/c14-8-5-6-12(9(15)7-8)21(18,19)17-13-16-10-3-1-2-4-11(10)20-13/h5-7H,1-4H2,(H,16,17). The molecule has 0 bridgehead atoms. The third kappa shape index (κ3) is 2.91. The molecule has 8 heteroatoms. The number of thiazole rings is 1. The van der Waals surface area contributed by atoms with E-state index in [1.54, 1.807) is 0 Å². The number of hydrogen-bond donors (Lipinski definition) is 1. The zero-order valence-corrected chi connectivity index (χ0v) is 12.5. The highest BCUT2D eigenvalue weighted by Crippen LogP contribution is 2.31. The van der Waals surface area contributed by atoms with Crippen molar-refractivity contribution >= 4 is 26.5 Å². The number of hydrogen-bond acceptors (Lipinski definition) is 4. The molecule has 21 heavy (non-hydrogen) atoms. The molecule has 3 rings (SSSR count). The zero-order valence-electron chi connectivity index (χ0n) is 10.9. The number of anilines is 1. The van der Waals surface area contributed by atoms with Gasteiger partial charge in [0.2, 0.25) is 0 Å². The van der Waals surface area contributed by atoms with Crippen LogP contribution in [0.15, 0.2) is 23.1 Å². The quantitative estimate of drug-likeness (QED) is 0.941. The fourth-order valence-corrected chi connectivity index (χ4v) is 4.60. The van der Waals surface area contributed by atoms with Gasteiger partial charge < -0.3 is 0 Å². The summed E-state index contributed by atoms with van der Waals surface area (Å²) in [5, 5.41) is 0.227. The maximum atomic E-state index is 13.6. The highest BCUT2D eigenvalue weighted by atomic mass is 32.2. The second-order valence-corrected chi connectivity index (χ2v) is 7.51. The van der Waals surface area contributed by atoms with Crippen molar-refractivity contribution < 1.29 is 17.2 Å². The van der Waals surface area contributed by atoms with Gasteiger partial charge in [-0.1, -0.05) is 0 Å². The minimum Gasteiger partial charge on any atom is -0.255 e.